The Morgan fingerprint density at radius 3 is 2.83 bits per heavy atom. The van der Waals surface area contributed by atoms with Crippen molar-refractivity contribution in [3.63, 3.8) is 0 Å². The van der Waals surface area contributed by atoms with Crippen molar-refractivity contribution in [2.75, 3.05) is 32.8 Å². The fourth-order valence-electron chi connectivity index (χ4n) is 3.02. The molecule has 0 bridgehead atoms. The largest absolute Gasteiger partial charge is 0.494 e. The second-order valence-electron chi connectivity index (χ2n) is 5.87. The summed E-state index contributed by atoms with van der Waals surface area (Å²) >= 11 is 0. The molecule has 0 spiro atoms. The fraction of sp³-hybridized carbons (Fsp3) is 0.444. The van der Waals surface area contributed by atoms with Gasteiger partial charge < -0.3 is 19.4 Å². The zero-order chi connectivity index (χ0) is 16.9. The summed E-state index contributed by atoms with van der Waals surface area (Å²) in [5, 5.41) is 3.50. The predicted octanol–water partition coefficient (Wildman–Crippen LogP) is 2.02. The molecule has 1 aliphatic heterocycles. The van der Waals surface area contributed by atoms with Crippen LogP contribution in [0.1, 0.15) is 30.1 Å². The van der Waals surface area contributed by atoms with E-state index in [9.17, 15) is 9.59 Å². The van der Waals surface area contributed by atoms with Crippen molar-refractivity contribution in [1.29, 1.82) is 0 Å². The van der Waals surface area contributed by atoms with E-state index in [0.29, 0.717) is 35.4 Å². The molecule has 1 aromatic carbocycles. The van der Waals surface area contributed by atoms with Crippen molar-refractivity contribution in [2.45, 2.75) is 19.8 Å². The van der Waals surface area contributed by atoms with E-state index < -0.39 is 5.63 Å². The molecular weight excluding hydrogens is 308 g/mol. The highest BCUT2D eigenvalue weighted by Gasteiger charge is 2.15. The molecule has 1 aliphatic rings. The molecule has 6 nitrogen and oxygen atoms in total. The Morgan fingerprint density at radius 2 is 2.08 bits per heavy atom. The summed E-state index contributed by atoms with van der Waals surface area (Å²) in [4.78, 5) is 26.5. The van der Waals surface area contributed by atoms with Crippen LogP contribution in [0.25, 0.3) is 11.0 Å². The van der Waals surface area contributed by atoms with Gasteiger partial charge in [-0.05, 0) is 45.0 Å². The van der Waals surface area contributed by atoms with Crippen LogP contribution in [-0.4, -0.2) is 43.6 Å². The van der Waals surface area contributed by atoms with Gasteiger partial charge in [0, 0.05) is 30.6 Å². The van der Waals surface area contributed by atoms with Crippen LogP contribution >= 0.6 is 0 Å². The molecule has 6 heteroatoms. The molecule has 0 unspecified atom stereocenters. The van der Waals surface area contributed by atoms with Gasteiger partial charge in [-0.1, -0.05) is 0 Å². The van der Waals surface area contributed by atoms with Crippen molar-refractivity contribution < 1.29 is 13.9 Å². The maximum Gasteiger partial charge on any atom is 0.337 e. The molecule has 3 rings (SSSR count). The Kier molecular flexibility index (Phi) is 5.15. The molecule has 1 fully saturated rings. The van der Waals surface area contributed by atoms with Gasteiger partial charge in [-0.2, -0.15) is 0 Å². The van der Waals surface area contributed by atoms with Crippen LogP contribution in [0, 0.1) is 0 Å². The lowest BCUT2D eigenvalue weighted by Crippen LogP contribution is -2.33. The molecule has 2 aromatic rings. The molecule has 0 saturated carbocycles. The molecule has 0 atom stereocenters. The lowest BCUT2D eigenvalue weighted by Gasteiger charge is -2.15. The summed E-state index contributed by atoms with van der Waals surface area (Å²) in [5.74, 6) is 0.357. The van der Waals surface area contributed by atoms with Gasteiger partial charge in [0.1, 0.15) is 11.3 Å². The Hall–Kier alpha value is -2.34. The Bertz CT molecular complexity index is 778. The third-order valence-electron chi connectivity index (χ3n) is 4.18. The number of carbonyl (C=O) groups excluding carboxylic acids is 1. The minimum Gasteiger partial charge on any atom is -0.494 e. The smallest absolute Gasteiger partial charge is 0.337 e. The summed E-state index contributed by atoms with van der Waals surface area (Å²) < 4.78 is 10.6. The van der Waals surface area contributed by atoms with Gasteiger partial charge in [0.25, 0.3) is 5.91 Å². The number of nitrogens with zero attached hydrogens (tertiary/aromatic N) is 1. The van der Waals surface area contributed by atoms with E-state index in [4.69, 9.17) is 9.15 Å². The first-order valence-corrected chi connectivity index (χ1v) is 8.38. The molecule has 0 radical (unpaired) electrons. The van der Waals surface area contributed by atoms with Gasteiger partial charge in [0.05, 0.1) is 12.2 Å². The number of ether oxygens (including phenoxy) is 1. The Labute approximate surface area is 140 Å². The summed E-state index contributed by atoms with van der Waals surface area (Å²) in [5.41, 5.74) is 0.157. The molecule has 0 aliphatic carbocycles. The van der Waals surface area contributed by atoms with E-state index in [1.807, 2.05) is 6.92 Å². The van der Waals surface area contributed by atoms with E-state index in [0.717, 1.165) is 19.6 Å². The van der Waals surface area contributed by atoms with E-state index in [2.05, 4.69) is 10.2 Å². The average Bonchev–Trinajstić information content (AvgIpc) is 3.07. The van der Waals surface area contributed by atoms with E-state index >= 15 is 0 Å². The molecular formula is C18H22N2O4. The number of hydrogen-bond acceptors (Lipinski definition) is 5. The summed E-state index contributed by atoms with van der Waals surface area (Å²) in [6.45, 7) is 5.98. The Morgan fingerprint density at radius 1 is 1.29 bits per heavy atom. The number of likely N-dealkylation sites (tertiary alicyclic amines) is 1. The first-order valence-electron chi connectivity index (χ1n) is 8.38. The maximum atomic E-state index is 12.5. The maximum absolute atomic E-state index is 12.5. The predicted molar refractivity (Wildman–Crippen MR) is 91.7 cm³/mol. The SMILES string of the molecule is CCOc1ccc2c(C(=O)NCCN3CCCC3)cc(=O)oc2c1. The van der Waals surface area contributed by atoms with Crippen LogP contribution in [0.2, 0.25) is 0 Å². The van der Waals surface area contributed by atoms with Gasteiger partial charge in [-0.25, -0.2) is 4.79 Å². The molecule has 1 saturated heterocycles. The number of amides is 1. The molecule has 1 amide bonds. The second-order valence-corrected chi connectivity index (χ2v) is 5.87. The van der Waals surface area contributed by atoms with Crippen LogP contribution in [-0.2, 0) is 0 Å². The lowest BCUT2D eigenvalue weighted by atomic mass is 10.1. The molecule has 1 aromatic heterocycles. The van der Waals surface area contributed by atoms with E-state index in [1.165, 1.54) is 18.9 Å². The van der Waals surface area contributed by atoms with Gasteiger partial charge in [-0.3, -0.25) is 4.79 Å². The Balaban J connectivity index is 1.76. The number of fused-ring (bicyclic) bond motifs is 1. The first kappa shape index (κ1) is 16.5. The van der Waals surface area contributed by atoms with Crippen molar-refractivity contribution in [3.8, 4) is 5.75 Å². The standard InChI is InChI=1S/C18H22N2O4/c1-2-23-13-5-6-14-15(12-17(21)24-16(14)11-13)18(22)19-7-10-20-8-3-4-9-20/h5-6,11-12H,2-4,7-10H2,1H3,(H,19,22). The first-order chi connectivity index (χ1) is 11.7. The minimum absolute atomic E-state index is 0.253. The molecule has 2 heterocycles. The third kappa shape index (κ3) is 3.76. The highest BCUT2D eigenvalue weighted by atomic mass is 16.5. The monoisotopic (exact) mass is 330 g/mol. The fourth-order valence-corrected chi connectivity index (χ4v) is 3.02. The van der Waals surface area contributed by atoms with Crippen LogP contribution in [0.4, 0.5) is 0 Å². The number of hydrogen-bond donors (Lipinski definition) is 1. The summed E-state index contributed by atoms with van der Waals surface area (Å²) in [6.07, 6.45) is 2.45. The van der Waals surface area contributed by atoms with Crippen molar-refractivity contribution in [2.24, 2.45) is 0 Å². The number of carbonyl (C=O) groups is 1. The van der Waals surface area contributed by atoms with Crippen LogP contribution in [0.15, 0.2) is 33.5 Å². The van der Waals surface area contributed by atoms with Gasteiger partial charge in [-0.15, -0.1) is 0 Å². The number of benzene rings is 1. The molecule has 128 valence electrons. The molecule has 24 heavy (non-hydrogen) atoms. The topological polar surface area (TPSA) is 71.8 Å². The van der Waals surface area contributed by atoms with Gasteiger partial charge >= 0.3 is 5.63 Å². The van der Waals surface area contributed by atoms with E-state index in [-0.39, 0.29) is 5.91 Å². The molecule has 1 N–H and O–H groups in total. The van der Waals surface area contributed by atoms with Crippen LogP contribution in [0.5, 0.6) is 5.75 Å². The zero-order valence-electron chi connectivity index (χ0n) is 13.8. The number of nitrogens with one attached hydrogen (secondary N) is 1. The minimum atomic E-state index is -0.541. The summed E-state index contributed by atoms with van der Waals surface area (Å²) in [6, 6.07) is 6.40. The lowest BCUT2D eigenvalue weighted by molar-refractivity contribution is 0.0950. The van der Waals surface area contributed by atoms with Gasteiger partial charge in [0.2, 0.25) is 0 Å². The number of rotatable bonds is 6. The van der Waals surface area contributed by atoms with Gasteiger partial charge in [0.15, 0.2) is 0 Å². The zero-order valence-corrected chi connectivity index (χ0v) is 13.8. The quantitative estimate of drug-likeness (QED) is 0.821. The van der Waals surface area contributed by atoms with Crippen molar-refractivity contribution in [1.82, 2.24) is 10.2 Å². The average molecular weight is 330 g/mol. The second kappa shape index (κ2) is 7.49. The normalized spacial score (nSPS) is 14.9. The third-order valence-corrected chi connectivity index (χ3v) is 4.18. The summed E-state index contributed by atoms with van der Waals surface area (Å²) in [7, 11) is 0. The van der Waals surface area contributed by atoms with E-state index in [1.54, 1.807) is 18.2 Å². The van der Waals surface area contributed by atoms with Crippen LogP contribution in [0.3, 0.4) is 0 Å². The van der Waals surface area contributed by atoms with Crippen molar-refractivity contribution >= 4 is 16.9 Å². The van der Waals surface area contributed by atoms with Crippen molar-refractivity contribution in [3.05, 3.63) is 40.2 Å². The highest BCUT2D eigenvalue weighted by molar-refractivity contribution is 6.05. The van der Waals surface area contributed by atoms with Crippen LogP contribution < -0.4 is 15.7 Å². The highest BCUT2D eigenvalue weighted by Crippen LogP contribution is 2.22.